The predicted octanol–water partition coefficient (Wildman–Crippen LogP) is 9.53. The number of hydrogen-bond donors (Lipinski definition) is 0. The minimum atomic E-state index is -1.37. The first-order valence-electron chi connectivity index (χ1n) is 17.3. The molecule has 41 heavy (non-hydrogen) atoms. The van der Waals surface area contributed by atoms with Crippen LogP contribution in [0.1, 0.15) is 69.8 Å². The van der Waals surface area contributed by atoms with E-state index in [-0.39, 0.29) is 25.0 Å². The van der Waals surface area contributed by atoms with E-state index in [1.165, 1.54) is 6.16 Å². The van der Waals surface area contributed by atoms with Crippen LogP contribution in [-0.4, -0.2) is 27.5 Å². The molecule has 0 saturated heterocycles. The van der Waals surface area contributed by atoms with Gasteiger partial charge in [-0.15, -0.1) is 7.92 Å². The molecule has 8 bridgehead atoms. The fourth-order valence-electron chi connectivity index (χ4n) is 12.0. The summed E-state index contributed by atoms with van der Waals surface area (Å²) in [4.78, 5) is 0. The van der Waals surface area contributed by atoms with Crippen molar-refractivity contribution in [3.05, 3.63) is 48.0 Å². The maximum atomic E-state index is 2.70. The van der Waals surface area contributed by atoms with Gasteiger partial charge >= 0.3 is 0 Å². The summed E-state index contributed by atoms with van der Waals surface area (Å²) in [5, 5.41) is 3.79. The molecule has 0 unspecified atom stereocenters. The zero-order valence-electron chi connectivity index (χ0n) is 26.9. The second-order valence-corrected chi connectivity index (χ2v) is 30.2. The molecule has 10 rings (SSSR count). The summed E-state index contributed by atoms with van der Waals surface area (Å²) in [5.74, 6) is 8.98. The van der Waals surface area contributed by atoms with Crippen LogP contribution >= 0.6 is 7.92 Å². The quantitative estimate of drug-likeness (QED) is 0.167. The van der Waals surface area contributed by atoms with Crippen molar-refractivity contribution in [2.75, 3.05) is 0 Å². The fourth-order valence-corrected chi connectivity index (χ4v) is 22.5. The Hall–Kier alpha value is 0.0832. The molecule has 2 aromatic carbocycles. The maximum absolute atomic E-state index is 2.70. The topological polar surface area (TPSA) is 0 Å². The summed E-state index contributed by atoms with van der Waals surface area (Å²) in [6.45, 7) is 15.8. The molecule has 4 heteroatoms. The normalized spacial score (nSPS) is 39.3. The molecule has 0 spiro atoms. The van der Waals surface area contributed by atoms with Gasteiger partial charge in [-0.2, -0.15) is 22.0 Å². The van der Waals surface area contributed by atoms with E-state index in [9.17, 15) is 0 Å². The van der Waals surface area contributed by atoms with Crippen LogP contribution in [0.2, 0.25) is 39.3 Å². The molecule has 0 radical (unpaired) electrons. The maximum Gasteiger partial charge on any atom is 0.0508 e. The Morgan fingerprint density at radius 2 is 1.00 bits per heavy atom. The molecule has 0 N–H and O–H groups in total. The van der Waals surface area contributed by atoms with Crippen molar-refractivity contribution < 1.29 is 17.1 Å². The van der Waals surface area contributed by atoms with Crippen molar-refractivity contribution in [1.82, 2.24) is 0 Å². The first-order valence-corrected chi connectivity index (χ1v) is 25.9. The van der Waals surface area contributed by atoms with E-state index in [0.717, 1.165) is 58.7 Å². The van der Waals surface area contributed by atoms with Crippen molar-refractivity contribution in [2.24, 2.45) is 47.3 Å². The van der Waals surface area contributed by atoms with Crippen molar-refractivity contribution in [3.63, 3.8) is 0 Å². The van der Waals surface area contributed by atoms with Gasteiger partial charge < -0.3 is 30.3 Å². The third kappa shape index (κ3) is 6.04. The Kier molecular flexibility index (Phi) is 8.93. The monoisotopic (exact) mass is 644 g/mol. The van der Waals surface area contributed by atoms with Crippen LogP contribution in [0.3, 0.4) is 0 Å². The molecule has 2 aromatic rings. The van der Waals surface area contributed by atoms with Crippen LogP contribution in [0.25, 0.3) is 0 Å². The van der Waals surface area contributed by atoms with Crippen molar-refractivity contribution >= 4 is 34.4 Å². The molecule has 8 fully saturated rings. The molecule has 0 heterocycles. The molecule has 8 saturated carbocycles. The second kappa shape index (κ2) is 11.8. The summed E-state index contributed by atoms with van der Waals surface area (Å²) < 4.78 is 0. The molecule has 232 valence electrons. The van der Waals surface area contributed by atoms with E-state index in [0.29, 0.717) is 0 Å². The van der Waals surface area contributed by atoms with Gasteiger partial charge in [-0.25, -0.2) is 6.07 Å². The summed E-state index contributed by atoms with van der Waals surface area (Å²) in [6, 6.07) is 15.3. The first-order chi connectivity index (χ1) is 19.0. The fraction of sp³-hybridized carbons (Fsp3) is 0.730. The van der Waals surface area contributed by atoms with E-state index in [1.54, 1.807) is 64.2 Å². The van der Waals surface area contributed by atoms with Gasteiger partial charge in [0.05, 0.1) is 8.07 Å². The Morgan fingerprint density at radius 1 is 0.634 bits per heavy atom. The molecule has 0 aliphatic heterocycles. The number of rotatable bonds is 6. The summed E-state index contributed by atoms with van der Waals surface area (Å²) >= 11 is 0. The molecule has 8 aliphatic rings. The van der Waals surface area contributed by atoms with Gasteiger partial charge in [-0.1, -0.05) is 45.4 Å². The summed E-state index contributed by atoms with van der Waals surface area (Å²) in [7, 11) is -2.56. The molecule has 0 atom stereocenters. The predicted molar refractivity (Wildman–Crippen MR) is 182 cm³/mol. The zero-order valence-corrected chi connectivity index (χ0v) is 30.9. The third-order valence-corrected chi connectivity index (χ3v) is 20.9. The van der Waals surface area contributed by atoms with Gasteiger partial charge in [-0.05, 0) is 123 Å². The van der Waals surface area contributed by atoms with E-state index >= 15 is 0 Å². The van der Waals surface area contributed by atoms with Gasteiger partial charge in [-0.3, -0.25) is 0 Å². The Bertz CT molecular complexity index is 1040. The van der Waals surface area contributed by atoms with Gasteiger partial charge in [0, 0.05) is 25.1 Å². The Balaban J connectivity index is 0.000000458. The van der Waals surface area contributed by atoms with E-state index in [1.807, 2.05) is 46.3 Å². The summed E-state index contributed by atoms with van der Waals surface area (Å²) in [5.41, 5.74) is 4.16. The summed E-state index contributed by atoms with van der Waals surface area (Å²) in [6.07, 6.45) is 17.8. The molecule has 0 amide bonds. The molecule has 0 nitrogen and oxygen atoms in total. The molecular weight excluding hydrogens is 587 g/mol. The SMILES string of the molecule is C[Si](C)(C)c1c(CP(C2C3CC4CC(C3)CC2C4)C2C3CC4CC(C3)CC2C4)cc[c-]1[Si](C)(C)C.[Fe].[cH-]1[cH-][cH-][cH-][cH-]1. The van der Waals surface area contributed by atoms with E-state index in [2.05, 4.69) is 51.4 Å². The minimum Gasteiger partial charge on any atom is -0.748 e. The van der Waals surface area contributed by atoms with E-state index in [4.69, 9.17) is 0 Å². The van der Waals surface area contributed by atoms with Crippen LogP contribution < -0.4 is 10.4 Å². The standard InChI is InChI=1S/C32H52PSi2.C5H5.Fe/c1-34(2,3)29-8-7-24(32(29)35(4,5)6)19-33(30-25-11-20-9-21(13-25)14-26(30)12-20)31-27-15-22-10-23(17-27)18-28(31)16-22;1-2-4-5-3-1;/h7-8,20-23,25-28,30-31H,9-19H2,1-6H3;1-5H;/q-1;-5;. The minimum absolute atomic E-state index is 0. The van der Waals surface area contributed by atoms with Crippen molar-refractivity contribution in [3.8, 4) is 0 Å². The van der Waals surface area contributed by atoms with Gasteiger partial charge in [0.1, 0.15) is 0 Å². The van der Waals surface area contributed by atoms with Crippen molar-refractivity contribution in [1.29, 1.82) is 0 Å². The smallest absolute Gasteiger partial charge is 0.0508 e. The molecular formula is C37H57FePSi2-6. The van der Waals surface area contributed by atoms with Crippen LogP contribution in [-0.2, 0) is 23.2 Å². The van der Waals surface area contributed by atoms with Gasteiger partial charge in [0.15, 0.2) is 0 Å². The van der Waals surface area contributed by atoms with Crippen LogP contribution in [0, 0.1) is 47.3 Å². The molecule has 8 aliphatic carbocycles. The first kappa shape index (κ1) is 31.1. The zero-order chi connectivity index (χ0) is 27.8. The van der Waals surface area contributed by atoms with E-state index < -0.39 is 16.1 Å². The second-order valence-electron chi connectivity index (χ2n) is 17.6. The largest absolute Gasteiger partial charge is 0.748 e. The number of hydrogen-bond acceptors (Lipinski definition) is 0. The molecule has 0 aromatic heterocycles. The Labute approximate surface area is 266 Å². The average molecular weight is 645 g/mol. The average Bonchev–Trinajstić information content (AvgIpc) is 3.56. The van der Waals surface area contributed by atoms with Crippen molar-refractivity contribution in [2.45, 2.75) is 121 Å². The Morgan fingerprint density at radius 3 is 1.32 bits per heavy atom. The van der Waals surface area contributed by atoms with Gasteiger partial charge in [0.2, 0.25) is 0 Å². The third-order valence-electron chi connectivity index (χ3n) is 12.6. The van der Waals surface area contributed by atoms with Crippen LogP contribution in [0.15, 0.2) is 42.5 Å². The van der Waals surface area contributed by atoms with Gasteiger partial charge in [0.25, 0.3) is 0 Å². The van der Waals surface area contributed by atoms with Crippen LogP contribution in [0.5, 0.6) is 0 Å². The van der Waals surface area contributed by atoms with Crippen LogP contribution in [0.4, 0.5) is 0 Å².